The van der Waals surface area contributed by atoms with E-state index in [1.807, 2.05) is 0 Å². The predicted octanol–water partition coefficient (Wildman–Crippen LogP) is 2.68. The number of rotatable bonds is 3. The van der Waals surface area contributed by atoms with Gasteiger partial charge in [0.25, 0.3) is 5.69 Å². The van der Waals surface area contributed by atoms with Gasteiger partial charge >= 0.3 is 0 Å². The molecule has 7 nitrogen and oxygen atoms in total. The van der Waals surface area contributed by atoms with Crippen molar-refractivity contribution in [3.63, 3.8) is 0 Å². The molecule has 1 atom stereocenters. The maximum absolute atomic E-state index is 12.0. The topological polar surface area (TPSA) is 97.6 Å². The monoisotopic (exact) mass is 416 g/mol. The molecule has 0 aliphatic carbocycles. The van der Waals surface area contributed by atoms with E-state index in [2.05, 4.69) is 15.9 Å². The summed E-state index contributed by atoms with van der Waals surface area (Å²) in [6, 6.07) is 2.58. The zero-order valence-corrected chi connectivity index (χ0v) is 14.0. The highest BCUT2D eigenvalue weighted by atomic mass is 79.9. The van der Waals surface area contributed by atoms with Crippen molar-refractivity contribution in [2.24, 2.45) is 0 Å². The van der Waals surface area contributed by atoms with Crippen molar-refractivity contribution in [1.29, 1.82) is 0 Å². The van der Waals surface area contributed by atoms with Crippen molar-refractivity contribution in [3.8, 4) is 0 Å². The van der Waals surface area contributed by atoms with E-state index in [9.17, 15) is 23.3 Å². The van der Waals surface area contributed by atoms with Crippen molar-refractivity contribution >= 4 is 64.5 Å². The molecule has 1 aromatic rings. The second kappa shape index (κ2) is 5.71. The lowest BCUT2D eigenvalue weighted by Gasteiger charge is -2.18. The van der Waals surface area contributed by atoms with E-state index in [0.29, 0.717) is 4.47 Å². The molecule has 114 valence electrons. The number of nitro groups is 1. The summed E-state index contributed by atoms with van der Waals surface area (Å²) in [4.78, 5) is 23.4. The highest BCUT2D eigenvalue weighted by Gasteiger charge is 2.41. The Kier molecular flexibility index (Phi) is 4.48. The van der Waals surface area contributed by atoms with Crippen LogP contribution in [0.3, 0.4) is 0 Å². The number of hydrogen-bond acceptors (Lipinski definition) is 5. The van der Waals surface area contributed by atoms with E-state index in [1.54, 1.807) is 0 Å². The minimum Gasteiger partial charge on any atom is -0.304 e. The molecular formula is C10H7BrCl2N2O5S. The predicted molar refractivity (Wildman–Crippen MR) is 81.3 cm³/mol. The molecule has 1 amide bonds. The molecule has 0 spiro atoms. The first-order chi connectivity index (χ1) is 9.61. The second-order valence-corrected chi connectivity index (χ2v) is 8.55. The molecule has 1 aromatic carbocycles. The first kappa shape index (κ1) is 16.5. The summed E-state index contributed by atoms with van der Waals surface area (Å²) in [5.41, 5.74) is -0.520. The van der Waals surface area contributed by atoms with Crippen molar-refractivity contribution in [2.45, 2.75) is 11.7 Å². The molecule has 1 aliphatic rings. The lowest BCUT2D eigenvalue weighted by atomic mass is 10.2. The molecule has 0 N–H and O–H groups in total. The van der Waals surface area contributed by atoms with Crippen LogP contribution in [0.25, 0.3) is 0 Å². The molecule has 0 saturated carbocycles. The third-order valence-electron chi connectivity index (χ3n) is 2.96. The minimum absolute atomic E-state index is 0.0305. The number of nitrogens with zero attached hydrogens (tertiary/aromatic N) is 2. The van der Waals surface area contributed by atoms with E-state index < -0.39 is 30.8 Å². The molecule has 1 aliphatic heterocycles. The van der Waals surface area contributed by atoms with Crippen LogP contribution in [0, 0.1) is 10.1 Å². The van der Waals surface area contributed by atoms with Crippen LogP contribution in [0.2, 0.25) is 5.02 Å². The van der Waals surface area contributed by atoms with Crippen molar-refractivity contribution < 1.29 is 18.1 Å². The van der Waals surface area contributed by atoms with Gasteiger partial charge in [0, 0.05) is 34.2 Å². The van der Waals surface area contributed by atoms with Crippen molar-refractivity contribution in [3.05, 3.63) is 31.7 Å². The van der Waals surface area contributed by atoms with Crippen LogP contribution in [0.15, 0.2) is 16.6 Å². The number of amides is 1. The quantitative estimate of drug-likeness (QED) is 0.427. The Labute approximate surface area is 137 Å². The van der Waals surface area contributed by atoms with E-state index in [1.165, 1.54) is 12.1 Å². The van der Waals surface area contributed by atoms with E-state index in [-0.39, 0.29) is 23.7 Å². The van der Waals surface area contributed by atoms with Crippen LogP contribution in [0.1, 0.15) is 6.42 Å². The molecule has 2 rings (SSSR count). The van der Waals surface area contributed by atoms with Crippen LogP contribution < -0.4 is 4.90 Å². The zero-order chi connectivity index (χ0) is 15.9. The van der Waals surface area contributed by atoms with Crippen molar-refractivity contribution in [2.75, 3.05) is 11.4 Å². The summed E-state index contributed by atoms with van der Waals surface area (Å²) in [7, 11) is 1.30. The van der Waals surface area contributed by atoms with E-state index in [0.717, 1.165) is 4.90 Å². The molecule has 21 heavy (non-hydrogen) atoms. The number of halogens is 3. The summed E-state index contributed by atoms with van der Waals surface area (Å²) >= 11 is 9.05. The fraction of sp³-hybridized carbons (Fsp3) is 0.300. The summed E-state index contributed by atoms with van der Waals surface area (Å²) in [5, 5.41) is 9.96. The maximum atomic E-state index is 12.0. The Balaban J connectivity index is 2.53. The lowest BCUT2D eigenvalue weighted by molar-refractivity contribution is -0.384. The van der Waals surface area contributed by atoms with Gasteiger partial charge in [-0.15, -0.1) is 0 Å². The summed E-state index contributed by atoms with van der Waals surface area (Å²) in [6.45, 7) is -0.271. The zero-order valence-electron chi connectivity index (χ0n) is 10.1. The van der Waals surface area contributed by atoms with E-state index in [4.69, 9.17) is 22.3 Å². The number of carbonyl (C=O) groups is 1. The number of carbonyl (C=O) groups excluding carboxylic acids is 1. The van der Waals surface area contributed by atoms with Crippen LogP contribution in [0.5, 0.6) is 0 Å². The first-order valence-corrected chi connectivity index (χ1v) is 9.03. The Morgan fingerprint density at radius 2 is 2.05 bits per heavy atom. The van der Waals surface area contributed by atoms with Gasteiger partial charge < -0.3 is 4.90 Å². The summed E-state index contributed by atoms with van der Waals surface area (Å²) < 4.78 is 23.0. The van der Waals surface area contributed by atoms with Gasteiger partial charge in [0.05, 0.1) is 9.95 Å². The fourth-order valence-corrected chi connectivity index (χ4v) is 3.96. The highest BCUT2D eigenvalue weighted by molar-refractivity contribution is 9.10. The number of hydrogen-bond donors (Lipinski definition) is 0. The summed E-state index contributed by atoms with van der Waals surface area (Å²) in [6.07, 6.45) is -0.338. The average molecular weight is 418 g/mol. The van der Waals surface area contributed by atoms with Gasteiger partial charge in [0.15, 0.2) is 0 Å². The van der Waals surface area contributed by atoms with Crippen LogP contribution in [-0.2, 0) is 13.8 Å². The normalized spacial score (nSPS) is 19.1. The van der Waals surface area contributed by atoms with Crippen LogP contribution >= 0.6 is 38.2 Å². The van der Waals surface area contributed by atoms with Gasteiger partial charge in [-0.25, -0.2) is 8.42 Å². The Morgan fingerprint density at radius 3 is 2.52 bits per heavy atom. The molecular weight excluding hydrogens is 411 g/mol. The highest BCUT2D eigenvalue weighted by Crippen LogP contribution is 2.41. The van der Waals surface area contributed by atoms with Crippen molar-refractivity contribution in [1.82, 2.24) is 0 Å². The van der Waals surface area contributed by atoms with Gasteiger partial charge in [-0.1, -0.05) is 27.5 Å². The minimum atomic E-state index is -3.94. The molecule has 0 bridgehead atoms. The maximum Gasteiger partial charge on any atom is 0.295 e. The SMILES string of the molecule is O=C1CC(S(=O)(=O)Cl)CN1c1c(Cl)cc(Br)cc1[N+](=O)[O-]. The number of benzene rings is 1. The van der Waals surface area contributed by atoms with Gasteiger partial charge in [0.1, 0.15) is 10.9 Å². The second-order valence-electron chi connectivity index (χ2n) is 4.32. The molecule has 11 heteroatoms. The Bertz CT molecular complexity index is 739. The Hall–Kier alpha value is -0.900. The number of nitro benzene ring substituents is 1. The number of anilines is 1. The van der Waals surface area contributed by atoms with E-state index >= 15 is 0 Å². The van der Waals surface area contributed by atoms with Crippen LogP contribution in [-0.4, -0.2) is 31.0 Å². The molecule has 1 unspecified atom stereocenters. The standard InChI is InChI=1S/C10H7BrCl2N2O5S/c11-5-1-7(12)10(8(2-5)15(17)18)14-4-6(3-9(14)16)21(13,19)20/h1-2,6H,3-4H2. The van der Waals surface area contributed by atoms with Crippen LogP contribution in [0.4, 0.5) is 11.4 Å². The molecule has 1 heterocycles. The smallest absolute Gasteiger partial charge is 0.295 e. The first-order valence-electron chi connectivity index (χ1n) is 5.48. The molecule has 0 aromatic heterocycles. The fourth-order valence-electron chi connectivity index (χ4n) is 2.04. The van der Waals surface area contributed by atoms with Gasteiger partial charge in [-0.3, -0.25) is 14.9 Å². The van der Waals surface area contributed by atoms with Gasteiger partial charge in [-0.2, -0.15) is 0 Å². The Morgan fingerprint density at radius 1 is 1.43 bits per heavy atom. The third kappa shape index (κ3) is 3.31. The average Bonchev–Trinajstić information content (AvgIpc) is 2.70. The lowest BCUT2D eigenvalue weighted by Crippen LogP contribution is -2.27. The molecule has 1 fully saturated rings. The third-order valence-corrected chi connectivity index (χ3v) is 5.58. The molecule has 1 saturated heterocycles. The van der Waals surface area contributed by atoms with Gasteiger partial charge in [0.2, 0.25) is 15.0 Å². The van der Waals surface area contributed by atoms with Gasteiger partial charge in [-0.05, 0) is 6.07 Å². The summed E-state index contributed by atoms with van der Waals surface area (Å²) in [5.74, 6) is -0.587. The largest absolute Gasteiger partial charge is 0.304 e. The molecule has 0 radical (unpaired) electrons.